The van der Waals surface area contributed by atoms with Crippen molar-refractivity contribution in [3.63, 3.8) is 0 Å². The first-order valence-corrected chi connectivity index (χ1v) is 4.54. The van der Waals surface area contributed by atoms with Crippen LogP contribution >= 0.6 is 0 Å². The molecule has 0 fully saturated rings. The first-order valence-electron chi connectivity index (χ1n) is 3.07. The molecule has 1 rings (SSSR count). The van der Waals surface area contributed by atoms with Crippen LogP contribution in [0, 0.1) is 24.7 Å². The zero-order valence-electron chi connectivity index (χ0n) is 5.39. The molecule has 0 spiro atoms. The molecule has 0 saturated carbocycles. The van der Waals surface area contributed by atoms with Crippen LogP contribution in [-0.2, 0) is 6.42 Å². The van der Waals surface area contributed by atoms with Crippen LogP contribution in [0.4, 0.5) is 0 Å². The van der Waals surface area contributed by atoms with Gasteiger partial charge in [-0.05, 0) is 0 Å². The molecule has 0 amide bonds. The van der Waals surface area contributed by atoms with Crippen molar-refractivity contribution in [1.82, 2.24) is 0 Å². The molecule has 0 aromatic heterocycles. The van der Waals surface area contributed by atoms with Crippen molar-refractivity contribution in [1.29, 1.82) is 0 Å². The minimum absolute atomic E-state index is 1.15. The molecule has 1 aromatic carbocycles. The Kier molecular flexibility index (Phi) is 2.66. The van der Waals surface area contributed by atoms with Gasteiger partial charge in [-0.3, -0.25) is 0 Å². The molecule has 1 aromatic rings. The summed E-state index contributed by atoms with van der Waals surface area (Å²) < 4.78 is 1.40. The summed E-state index contributed by atoms with van der Waals surface area (Å²) in [5.74, 6) is 0. The fourth-order valence-corrected chi connectivity index (χ4v) is 1.21. The van der Waals surface area contributed by atoms with Crippen LogP contribution in [-0.4, -0.2) is 0 Å². The minimum atomic E-state index is 1.15. The molecule has 0 nitrogen and oxygen atoms in total. The van der Waals surface area contributed by atoms with E-state index in [9.17, 15) is 0 Å². The molecule has 0 bridgehead atoms. The third-order valence-electron chi connectivity index (χ3n) is 1.32. The molecule has 0 N–H and O–H groups in total. The third-order valence-corrected chi connectivity index (χ3v) is 2.30. The summed E-state index contributed by atoms with van der Waals surface area (Å²) >= 11 is 1.74. The van der Waals surface area contributed by atoms with E-state index in [1.165, 1.54) is 8.83 Å². The number of benzene rings is 1. The van der Waals surface area contributed by atoms with Crippen molar-refractivity contribution >= 4 is 3.27 Å². The zero-order chi connectivity index (χ0) is 6.69. The number of hydrogen-bond donors (Lipinski definition) is 0. The first kappa shape index (κ1) is 7.21. The summed E-state index contributed by atoms with van der Waals surface area (Å²) in [6.07, 6.45) is 1.15. The van der Waals surface area contributed by atoms with E-state index in [4.69, 9.17) is 0 Å². The van der Waals surface area contributed by atoms with E-state index >= 15 is 0 Å². The Hall–Kier alpha value is 0.103. The number of rotatable bonds is 1. The molecular formula is C8H9At. The van der Waals surface area contributed by atoms with Gasteiger partial charge in [-0.25, -0.2) is 0 Å². The van der Waals surface area contributed by atoms with Crippen molar-refractivity contribution in [2.24, 2.45) is 0 Å². The summed E-state index contributed by atoms with van der Waals surface area (Å²) in [5, 5.41) is 0. The zero-order valence-corrected chi connectivity index (χ0v) is 8.33. The second-order valence-corrected chi connectivity index (χ2v) is 3.68. The van der Waals surface area contributed by atoms with Gasteiger partial charge in [0.2, 0.25) is 0 Å². The molecule has 0 radical (unpaired) electrons. The fraction of sp³-hybridized carbons (Fsp3) is 0.250. The van der Waals surface area contributed by atoms with Crippen LogP contribution in [0.25, 0.3) is 0 Å². The van der Waals surface area contributed by atoms with Gasteiger partial charge in [0.15, 0.2) is 0 Å². The summed E-state index contributed by atoms with van der Waals surface area (Å²) in [7, 11) is 0. The van der Waals surface area contributed by atoms with Gasteiger partial charge in [-0.2, -0.15) is 0 Å². The van der Waals surface area contributed by atoms with E-state index in [0.29, 0.717) is 0 Å². The Bertz CT molecular complexity index is 176. The maximum atomic E-state index is 2.19. The summed E-state index contributed by atoms with van der Waals surface area (Å²) in [6, 6.07) is 8.73. The molecule has 48 valence electrons. The van der Waals surface area contributed by atoms with Crippen LogP contribution in [0.15, 0.2) is 24.3 Å². The van der Waals surface area contributed by atoms with Crippen LogP contribution < -0.4 is 3.27 Å². The van der Waals surface area contributed by atoms with Gasteiger partial charge < -0.3 is 0 Å². The Labute approximate surface area is 71.1 Å². The van der Waals surface area contributed by atoms with Gasteiger partial charge in [0.25, 0.3) is 0 Å². The van der Waals surface area contributed by atoms with E-state index < -0.39 is 0 Å². The molecule has 0 saturated heterocycles. The molecule has 9 heavy (non-hydrogen) atoms. The summed E-state index contributed by atoms with van der Waals surface area (Å²) in [6.45, 7) is 2.18. The molecule has 1 heteroatoms. The average Bonchev–Trinajstić information content (AvgIpc) is 1.90. The molecule has 0 atom stereocenters. The van der Waals surface area contributed by atoms with Gasteiger partial charge in [0, 0.05) is 0 Å². The van der Waals surface area contributed by atoms with Crippen molar-refractivity contribution in [2.45, 2.75) is 13.3 Å². The Morgan fingerprint density at radius 2 is 1.78 bits per heavy atom. The van der Waals surface area contributed by atoms with E-state index in [0.717, 1.165) is 6.42 Å². The van der Waals surface area contributed by atoms with Gasteiger partial charge in [-0.1, -0.05) is 0 Å². The van der Waals surface area contributed by atoms with E-state index in [2.05, 4.69) is 31.2 Å². The second-order valence-electron chi connectivity index (χ2n) is 1.98. The topological polar surface area (TPSA) is 0 Å². The Morgan fingerprint density at radius 3 is 2.22 bits per heavy atom. The maximum absolute atomic E-state index is 2.19. The van der Waals surface area contributed by atoms with Crippen LogP contribution in [0.5, 0.6) is 0 Å². The fourth-order valence-electron chi connectivity index (χ4n) is 0.720. The quantitative estimate of drug-likeness (QED) is 0.735. The van der Waals surface area contributed by atoms with E-state index in [1.54, 1.807) is 24.7 Å². The standard InChI is InChI=1S/C8H9At/c1-2-7-3-5-8(9)6-4-7/h3-6H,2H2,1H3. The SMILES string of the molecule is CCc1ccc([At])cc1. The molecule has 0 aliphatic carbocycles. The van der Waals surface area contributed by atoms with Crippen molar-refractivity contribution in [3.05, 3.63) is 29.8 Å². The number of aryl methyl sites for hydroxylation is 1. The van der Waals surface area contributed by atoms with Gasteiger partial charge >= 0.3 is 71.2 Å². The van der Waals surface area contributed by atoms with Gasteiger partial charge in [-0.15, -0.1) is 0 Å². The molecule has 0 heterocycles. The van der Waals surface area contributed by atoms with Crippen molar-refractivity contribution in [2.75, 3.05) is 0 Å². The Morgan fingerprint density at radius 1 is 1.22 bits per heavy atom. The average molecular weight is 315 g/mol. The van der Waals surface area contributed by atoms with Gasteiger partial charge in [0.05, 0.1) is 0 Å². The normalized spacial score (nSPS) is 9.56. The monoisotopic (exact) mass is 315 g/mol. The predicted octanol–water partition coefficient (Wildman–Crippen LogP) is 1.42. The van der Waals surface area contributed by atoms with Crippen LogP contribution in [0.2, 0.25) is 0 Å². The molecule has 0 unspecified atom stereocenters. The first-order chi connectivity index (χ1) is 4.33. The summed E-state index contributed by atoms with van der Waals surface area (Å²) in [5.41, 5.74) is 1.43. The summed E-state index contributed by atoms with van der Waals surface area (Å²) in [4.78, 5) is 0. The van der Waals surface area contributed by atoms with Crippen molar-refractivity contribution < 1.29 is 24.7 Å². The van der Waals surface area contributed by atoms with Gasteiger partial charge in [0.1, 0.15) is 0 Å². The van der Waals surface area contributed by atoms with E-state index in [1.807, 2.05) is 0 Å². The van der Waals surface area contributed by atoms with Crippen LogP contribution in [0.3, 0.4) is 0 Å². The molecule has 0 aliphatic heterocycles. The molecule has 0 aliphatic rings. The van der Waals surface area contributed by atoms with E-state index in [-0.39, 0.29) is 0 Å². The predicted molar refractivity (Wildman–Crippen MR) is 35.5 cm³/mol. The molecular weight excluding hydrogens is 306 g/mol. The third kappa shape index (κ3) is 2.06. The Balaban J connectivity index is 2.88. The van der Waals surface area contributed by atoms with Crippen LogP contribution in [0.1, 0.15) is 12.5 Å². The number of hydrogen-bond acceptors (Lipinski definition) is 0. The second kappa shape index (κ2) is 3.32. The van der Waals surface area contributed by atoms with Crippen molar-refractivity contribution in [3.8, 4) is 0 Å².